The number of Topliss-reactive ketones (excluding diaryl/α,β-unsaturated/α-hetero) is 1. The van der Waals surface area contributed by atoms with E-state index in [4.69, 9.17) is 13.9 Å². The molecule has 1 aliphatic carbocycles. The number of hydrogen-bond donors (Lipinski definition) is 0. The fourth-order valence-corrected chi connectivity index (χ4v) is 10.9. The normalized spacial score (nSPS) is 21.8. The monoisotopic (exact) mass is 530 g/mol. The molecule has 0 aliphatic heterocycles. The second-order valence-electron chi connectivity index (χ2n) is 11.7. The Morgan fingerprint density at radius 3 is 1.92 bits per heavy atom. The summed E-state index contributed by atoms with van der Waals surface area (Å²) in [5.74, 6) is 1.31. The second-order valence-corrected chi connectivity index (χ2v) is 15.9. The number of ether oxygens (including phenoxy) is 2. The van der Waals surface area contributed by atoms with Crippen LogP contribution in [0, 0.1) is 17.8 Å². The van der Waals surface area contributed by atoms with Gasteiger partial charge in [0.1, 0.15) is 11.5 Å². The van der Waals surface area contributed by atoms with Crippen LogP contribution in [-0.2, 0) is 20.6 Å². The van der Waals surface area contributed by atoms with Crippen molar-refractivity contribution in [1.82, 2.24) is 0 Å². The molecule has 0 bridgehead atoms. The van der Waals surface area contributed by atoms with Crippen LogP contribution in [-0.4, -0.2) is 33.9 Å². The molecule has 38 heavy (non-hydrogen) atoms. The Morgan fingerprint density at radius 2 is 1.45 bits per heavy atom. The van der Waals surface area contributed by atoms with Crippen molar-refractivity contribution in [1.29, 1.82) is 0 Å². The number of methoxy groups -OCH3 is 1. The van der Waals surface area contributed by atoms with Gasteiger partial charge in [-0.1, -0.05) is 100 Å². The predicted octanol–water partition coefficient (Wildman–Crippen LogP) is 6.02. The van der Waals surface area contributed by atoms with Gasteiger partial charge in [0.15, 0.2) is 0 Å². The van der Waals surface area contributed by atoms with Gasteiger partial charge in [-0.3, -0.25) is 4.79 Å². The topological polar surface area (TPSA) is 44.8 Å². The lowest BCUT2D eigenvalue weighted by Crippen LogP contribution is -2.68. The molecule has 4 nitrogen and oxygen atoms in total. The van der Waals surface area contributed by atoms with E-state index in [1.807, 2.05) is 24.3 Å². The Kier molecular flexibility index (Phi) is 8.91. The van der Waals surface area contributed by atoms with Crippen LogP contribution in [0.4, 0.5) is 0 Å². The first-order chi connectivity index (χ1) is 18.2. The van der Waals surface area contributed by atoms with Crippen molar-refractivity contribution >= 4 is 24.5 Å². The Labute approximate surface area is 229 Å². The van der Waals surface area contributed by atoms with Gasteiger partial charge in [0.25, 0.3) is 8.32 Å². The average Bonchev–Trinajstić information content (AvgIpc) is 3.23. The van der Waals surface area contributed by atoms with Gasteiger partial charge in [-0.25, -0.2) is 0 Å². The lowest BCUT2D eigenvalue weighted by atomic mass is 9.88. The van der Waals surface area contributed by atoms with E-state index in [1.54, 1.807) is 14.0 Å². The highest BCUT2D eigenvalue weighted by atomic mass is 28.4. The minimum atomic E-state index is -2.71. The molecule has 202 valence electrons. The van der Waals surface area contributed by atoms with Crippen molar-refractivity contribution in [3.05, 3.63) is 90.5 Å². The second kappa shape index (κ2) is 12.0. The van der Waals surface area contributed by atoms with Crippen molar-refractivity contribution in [2.24, 2.45) is 17.8 Å². The number of ketones is 1. The van der Waals surface area contributed by atoms with Crippen LogP contribution >= 0.6 is 0 Å². The van der Waals surface area contributed by atoms with Crippen molar-refractivity contribution in [2.45, 2.75) is 58.8 Å². The molecule has 5 heteroatoms. The van der Waals surface area contributed by atoms with Crippen molar-refractivity contribution in [3.63, 3.8) is 0 Å². The molecule has 0 unspecified atom stereocenters. The zero-order valence-corrected chi connectivity index (χ0v) is 24.6. The third-order valence-electron chi connectivity index (χ3n) is 8.27. The average molecular weight is 531 g/mol. The molecule has 0 saturated heterocycles. The zero-order valence-electron chi connectivity index (χ0n) is 23.6. The van der Waals surface area contributed by atoms with E-state index >= 15 is 0 Å². The number of hydrogen-bond acceptors (Lipinski definition) is 4. The number of rotatable bonds is 10. The summed E-state index contributed by atoms with van der Waals surface area (Å²) in [5, 5.41) is 2.43. The van der Waals surface area contributed by atoms with E-state index in [1.165, 1.54) is 10.4 Å². The Hall–Kier alpha value is -2.73. The molecule has 3 aromatic rings. The summed E-state index contributed by atoms with van der Waals surface area (Å²) >= 11 is 0. The summed E-state index contributed by atoms with van der Waals surface area (Å²) < 4.78 is 18.9. The lowest BCUT2D eigenvalue weighted by Gasteiger charge is -2.45. The SMILES string of the molecule is COc1ccc(COC[C@@H]2[C@@H](C)[C@@H](O[Si](c3ccccc3)(c3ccccc3)C(C)(C)C)C[C@@H]2C(C)=O)cc1. The molecule has 0 N–H and O–H groups in total. The van der Waals surface area contributed by atoms with Gasteiger partial charge >= 0.3 is 0 Å². The largest absolute Gasteiger partial charge is 0.497 e. The first-order valence-electron chi connectivity index (χ1n) is 13.7. The standard InChI is InChI=1S/C33H42O4Si/c1-24-31(23-36-22-26-17-19-27(35-6)20-18-26)30(25(2)34)21-32(24)37-38(33(3,4)5,28-13-9-7-10-14-28)29-15-11-8-12-16-29/h7-20,24,30-32H,21-23H2,1-6H3/t24-,30-,31-,32+/m1/s1. The molecule has 0 spiro atoms. The van der Waals surface area contributed by atoms with Crippen molar-refractivity contribution in [3.8, 4) is 5.75 Å². The third kappa shape index (κ3) is 5.80. The van der Waals surface area contributed by atoms with E-state index in [-0.39, 0.29) is 34.7 Å². The molecule has 1 aliphatic rings. The molecule has 1 fully saturated rings. The van der Waals surface area contributed by atoms with Gasteiger partial charge in [0.2, 0.25) is 0 Å². The molecular formula is C33H42O4Si. The maximum atomic E-state index is 12.8. The summed E-state index contributed by atoms with van der Waals surface area (Å²) in [6.07, 6.45) is 0.710. The Bertz CT molecular complexity index is 1130. The van der Waals surface area contributed by atoms with E-state index in [9.17, 15) is 4.79 Å². The molecule has 3 aromatic carbocycles. The first kappa shape index (κ1) is 28.3. The van der Waals surface area contributed by atoms with Crippen LogP contribution < -0.4 is 15.1 Å². The summed E-state index contributed by atoms with van der Waals surface area (Å²) in [4.78, 5) is 12.8. The summed E-state index contributed by atoms with van der Waals surface area (Å²) in [6, 6.07) is 29.4. The fraction of sp³-hybridized carbons (Fsp3) is 0.424. The molecule has 4 atom stereocenters. The van der Waals surface area contributed by atoms with Gasteiger partial charge in [0.05, 0.1) is 20.3 Å². The van der Waals surface area contributed by atoms with Crippen molar-refractivity contribution in [2.75, 3.05) is 13.7 Å². The highest BCUT2D eigenvalue weighted by molar-refractivity contribution is 6.99. The fourth-order valence-electron chi connectivity index (χ4n) is 6.13. The molecule has 0 amide bonds. The van der Waals surface area contributed by atoms with Gasteiger partial charge in [-0.05, 0) is 58.3 Å². The quantitative estimate of drug-likeness (QED) is 0.301. The van der Waals surface area contributed by atoms with Gasteiger partial charge in [0, 0.05) is 12.0 Å². The molecule has 1 saturated carbocycles. The van der Waals surface area contributed by atoms with Gasteiger partial charge < -0.3 is 13.9 Å². The Morgan fingerprint density at radius 1 is 0.895 bits per heavy atom. The van der Waals surface area contributed by atoms with Gasteiger partial charge in [-0.15, -0.1) is 0 Å². The maximum Gasteiger partial charge on any atom is 0.261 e. The van der Waals surface area contributed by atoms with Crippen molar-refractivity contribution < 1.29 is 18.7 Å². The number of carbonyl (C=O) groups excluding carboxylic acids is 1. The zero-order chi connectivity index (χ0) is 27.3. The number of carbonyl (C=O) groups is 1. The Balaban J connectivity index is 1.61. The van der Waals surface area contributed by atoms with E-state index in [2.05, 4.69) is 88.4 Å². The van der Waals surface area contributed by atoms with Crippen LogP contribution in [0.1, 0.15) is 46.6 Å². The summed E-state index contributed by atoms with van der Waals surface area (Å²) in [6.45, 7) is 11.9. The molecule has 0 aromatic heterocycles. The van der Waals surface area contributed by atoms with Crippen LogP contribution in [0.25, 0.3) is 0 Å². The summed E-state index contributed by atoms with van der Waals surface area (Å²) in [7, 11) is -1.04. The molecule has 0 radical (unpaired) electrons. The highest BCUT2D eigenvalue weighted by Crippen LogP contribution is 2.45. The minimum absolute atomic E-state index is 0.0233. The lowest BCUT2D eigenvalue weighted by molar-refractivity contribution is -0.122. The van der Waals surface area contributed by atoms with E-state index in [0.29, 0.717) is 13.2 Å². The molecule has 4 rings (SSSR count). The van der Waals surface area contributed by atoms with E-state index < -0.39 is 8.32 Å². The third-order valence-corrected chi connectivity index (χ3v) is 13.3. The van der Waals surface area contributed by atoms with E-state index in [0.717, 1.165) is 17.7 Å². The van der Waals surface area contributed by atoms with Crippen LogP contribution in [0.3, 0.4) is 0 Å². The minimum Gasteiger partial charge on any atom is -0.497 e. The maximum absolute atomic E-state index is 12.8. The molecule has 0 heterocycles. The van der Waals surface area contributed by atoms with Crippen LogP contribution in [0.15, 0.2) is 84.9 Å². The predicted molar refractivity (Wildman–Crippen MR) is 157 cm³/mol. The highest BCUT2D eigenvalue weighted by Gasteiger charge is 2.54. The summed E-state index contributed by atoms with van der Waals surface area (Å²) in [5.41, 5.74) is 1.09. The van der Waals surface area contributed by atoms with Crippen LogP contribution in [0.2, 0.25) is 5.04 Å². The first-order valence-corrected chi connectivity index (χ1v) is 15.6. The smallest absolute Gasteiger partial charge is 0.261 e. The van der Waals surface area contributed by atoms with Crippen LogP contribution in [0.5, 0.6) is 5.75 Å². The van der Waals surface area contributed by atoms with Gasteiger partial charge in [-0.2, -0.15) is 0 Å². The number of benzene rings is 3. The molecular weight excluding hydrogens is 488 g/mol.